The molecule has 3 aromatic carbocycles. The minimum Gasteiger partial charge on any atom is -0.206 e. The van der Waals surface area contributed by atoms with Crippen molar-refractivity contribution in [1.82, 2.24) is 0 Å². The van der Waals surface area contributed by atoms with Gasteiger partial charge in [0.15, 0.2) is 29.1 Å². The second-order valence-electron chi connectivity index (χ2n) is 9.52. The molecule has 0 amide bonds. The lowest BCUT2D eigenvalue weighted by Gasteiger charge is -2.28. The molecule has 0 aromatic heterocycles. The fourth-order valence-electron chi connectivity index (χ4n) is 5.22. The monoisotopic (exact) mass is 490 g/mol. The number of rotatable bonds is 7. The van der Waals surface area contributed by atoms with Crippen molar-refractivity contribution in [2.45, 2.75) is 64.2 Å². The first-order chi connectivity index (χ1) is 16.8. The van der Waals surface area contributed by atoms with Crippen molar-refractivity contribution in [3.05, 3.63) is 94.1 Å². The minimum atomic E-state index is -1.58. The first kappa shape index (κ1) is 25.3. The van der Waals surface area contributed by atoms with Crippen LogP contribution in [0.1, 0.15) is 68.1 Å². The van der Waals surface area contributed by atoms with Crippen molar-refractivity contribution >= 4 is 0 Å². The van der Waals surface area contributed by atoms with E-state index in [1.165, 1.54) is 37.1 Å². The van der Waals surface area contributed by atoms with Crippen LogP contribution in [-0.4, -0.2) is 0 Å². The molecular formula is C29H28F6. The lowest BCUT2D eigenvalue weighted by atomic mass is 9.77. The zero-order valence-electron chi connectivity index (χ0n) is 19.6. The maximum absolute atomic E-state index is 15.0. The molecule has 186 valence electrons. The largest absolute Gasteiger partial charge is 0.206 e. The summed E-state index contributed by atoms with van der Waals surface area (Å²) in [4.78, 5) is 0. The molecule has 6 heteroatoms. The molecule has 35 heavy (non-hydrogen) atoms. The van der Waals surface area contributed by atoms with Gasteiger partial charge in [-0.3, -0.25) is 0 Å². The van der Waals surface area contributed by atoms with E-state index in [9.17, 15) is 26.3 Å². The summed E-state index contributed by atoms with van der Waals surface area (Å²) in [6.45, 7) is 2.18. The summed E-state index contributed by atoms with van der Waals surface area (Å²) >= 11 is 0. The molecule has 0 N–H and O–H groups in total. The molecule has 1 aliphatic rings. The van der Waals surface area contributed by atoms with E-state index in [2.05, 4.69) is 6.92 Å². The predicted molar refractivity (Wildman–Crippen MR) is 125 cm³/mol. The second kappa shape index (κ2) is 10.9. The fourth-order valence-corrected chi connectivity index (χ4v) is 5.22. The number of halogens is 6. The van der Waals surface area contributed by atoms with Gasteiger partial charge in [0.05, 0.1) is 0 Å². The molecule has 0 heterocycles. The number of benzene rings is 3. The minimum absolute atomic E-state index is 0.0148. The van der Waals surface area contributed by atoms with E-state index < -0.39 is 34.9 Å². The van der Waals surface area contributed by atoms with E-state index in [1.54, 1.807) is 6.07 Å². The molecule has 0 nitrogen and oxygen atoms in total. The molecule has 0 bridgehead atoms. The number of hydrogen-bond acceptors (Lipinski definition) is 0. The highest BCUT2D eigenvalue weighted by atomic mass is 19.2. The highest BCUT2D eigenvalue weighted by molar-refractivity contribution is 5.66. The topological polar surface area (TPSA) is 0 Å². The molecular weight excluding hydrogens is 462 g/mol. The van der Waals surface area contributed by atoms with E-state index in [0.717, 1.165) is 49.3 Å². The number of aryl methyl sites for hydroxylation is 2. The van der Waals surface area contributed by atoms with Crippen molar-refractivity contribution in [1.29, 1.82) is 0 Å². The fraction of sp³-hybridized carbons (Fsp3) is 0.379. The first-order valence-corrected chi connectivity index (χ1v) is 12.2. The zero-order valence-corrected chi connectivity index (χ0v) is 19.6. The van der Waals surface area contributed by atoms with Crippen LogP contribution in [-0.2, 0) is 12.8 Å². The zero-order chi connectivity index (χ0) is 25.1. The molecule has 1 fully saturated rings. The van der Waals surface area contributed by atoms with Crippen molar-refractivity contribution in [3.63, 3.8) is 0 Å². The van der Waals surface area contributed by atoms with Gasteiger partial charge < -0.3 is 0 Å². The Morgan fingerprint density at radius 2 is 1.31 bits per heavy atom. The Morgan fingerprint density at radius 1 is 0.657 bits per heavy atom. The average Bonchev–Trinajstić information content (AvgIpc) is 2.84. The third-order valence-corrected chi connectivity index (χ3v) is 7.19. The smallest absolute Gasteiger partial charge is 0.194 e. The van der Waals surface area contributed by atoms with Gasteiger partial charge in [-0.25, -0.2) is 26.3 Å². The van der Waals surface area contributed by atoms with Crippen LogP contribution in [0.2, 0.25) is 0 Å². The molecule has 0 atom stereocenters. The maximum Gasteiger partial charge on any atom is 0.194 e. The standard InChI is InChI=1S/C29H28F6/c1-2-3-17-4-7-19(8-5-17)21-11-12-22(24(30)16-21)23-13-10-20(27(33)28(23)34)9-6-18-14-25(31)29(35)26(32)15-18/h10-17,19H,2-9H2,1H3. The predicted octanol–water partition coefficient (Wildman–Crippen LogP) is 9.05. The van der Waals surface area contributed by atoms with Crippen molar-refractivity contribution in [2.24, 2.45) is 5.92 Å². The summed E-state index contributed by atoms with van der Waals surface area (Å²) < 4.78 is 84.6. The Hall–Kier alpha value is -2.76. The van der Waals surface area contributed by atoms with Gasteiger partial charge in [-0.1, -0.05) is 44.0 Å². The van der Waals surface area contributed by atoms with Gasteiger partial charge in [-0.2, -0.15) is 0 Å². The average molecular weight is 491 g/mol. The Kier molecular flexibility index (Phi) is 7.88. The van der Waals surface area contributed by atoms with E-state index in [0.29, 0.717) is 0 Å². The first-order valence-electron chi connectivity index (χ1n) is 12.2. The van der Waals surface area contributed by atoms with Crippen LogP contribution < -0.4 is 0 Å². The molecule has 0 spiro atoms. The Bertz CT molecular complexity index is 1170. The quantitative estimate of drug-likeness (QED) is 0.229. The van der Waals surface area contributed by atoms with Crippen LogP contribution in [0.4, 0.5) is 26.3 Å². The van der Waals surface area contributed by atoms with Crippen LogP contribution >= 0.6 is 0 Å². The molecule has 1 aliphatic carbocycles. The van der Waals surface area contributed by atoms with Gasteiger partial charge in [-0.05, 0) is 85.3 Å². The molecule has 1 saturated carbocycles. The summed E-state index contributed by atoms with van der Waals surface area (Å²) in [6.07, 6.45) is 6.57. The summed E-state index contributed by atoms with van der Waals surface area (Å²) in [7, 11) is 0. The van der Waals surface area contributed by atoms with Gasteiger partial charge >= 0.3 is 0 Å². The normalized spacial score (nSPS) is 18.1. The summed E-state index contributed by atoms with van der Waals surface area (Å²) in [5.74, 6) is -6.15. The number of hydrogen-bond donors (Lipinski definition) is 0. The summed E-state index contributed by atoms with van der Waals surface area (Å²) in [5.41, 5.74) is 0.797. The van der Waals surface area contributed by atoms with Crippen molar-refractivity contribution < 1.29 is 26.3 Å². The van der Waals surface area contributed by atoms with E-state index in [-0.39, 0.29) is 41.0 Å². The second-order valence-corrected chi connectivity index (χ2v) is 9.52. The lowest BCUT2D eigenvalue weighted by Crippen LogP contribution is -2.13. The SMILES string of the molecule is CCCC1CCC(c2ccc(-c3ccc(CCc4cc(F)c(F)c(F)c4)c(F)c3F)c(F)c2)CC1. The van der Waals surface area contributed by atoms with Crippen LogP contribution in [0.25, 0.3) is 11.1 Å². The Labute approximate surface area is 202 Å². The van der Waals surface area contributed by atoms with Gasteiger partial charge in [-0.15, -0.1) is 0 Å². The third-order valence-electron chi connectivity index (χ3n) is 7.19. The molecule has 0 saturated heterocycles. The van der Waals surface area contributed by atoms with Gasteiger partial charge in [0.1, 0.15) is 5.82 Å². The van der Waals surface area contributed by atoms with Crippen molar-refractivity contribution in [2.75, 3.05) is 0 Å². The van der Waals surface area contributed by atoms with E-state index in [4.69, 9.17) is 0 Å². The Balaban J connectivity index is 1.49. The lowest BCUT2D eigenvalue weighted by molar-refractivity contribution is 0.308. The third kappa shape index (κ3) is 5.57. The molecule has 0 aliphatic heterocycles. The molecule has 0 radical (unpaired) electrons. The van der Waals surface area contributed by atoms with Crippen LogP contribution in [0.5, 0.6) is 0 Å². The molecule has 4 rings (SSSR count). The van der Waals surface area contributed by atoms with E-state index >= 15 is 0 Å². The van der Waals surface area contributed by atoms with Gasteiger partial charge in [0, 0.05) is 11.1 Å². The van der Waals surface area contributed by atoms with Crippen LogP contribution in [0.3, 0.4) is 0 Å². The van der Waals surface area contributed by atoms with Gasteiger partial charge in [0.25, 0.3) is 0 Å². The van der Waals surface area contributed by atoms with Crippen LogP contribution in [0, 0.1) is 40.8 Å². The highest BCUT2D eigenvalue weighted by Gasteiger charge is 2.24. The van der Waals surface area contributed by atoms with Crippen LogP contribution in [0.15, 0.2) is 42.5 Å². The van der Waals surface area contributed by atoms with Crippen molar-refractivity contribution in [3.8, 4) is 11.1 Å². The molecule has 3 aromatic rings. The Morgan fingerprint density at radius 3 is 1.94 bits per heavy atom. The van der Waals surface area contributed by atoms with E-state index in [1.807, 2.05) is 0 Å². The molecule has 0 unspecified atom stereocenters. The maximum atomic E-state index is 15.0. The summed E-state index contributed by atoms with van der Waals surface area (Å²) in [5, 5.41) is 0. The highest BCUT2D eigenvalue weighted by Crippen LogP contribution is 2.39. The van der Waals surface area contributed by atoms with Gasteiger partial charge in [0.2, 0.25) is 0 Å². The summed E-state index contributed by atoms with van der Waals surface area (Å²) in [6, 6.07) is 9.04.